The van der Waals surface area contributed by atoms with E-state index in [4.69, 9.17) is 9.47 Å². The molecular weight excluding hydrogens is 322 g/mol. The summed E-state index contributed by atoms with van der Waals surface area (Å²) in [4.78, 5) is 15.8. The molecule has 24 heavy (non-hydrogen) atoms. The van der Waals surface area contributed by atoms with E-state index in [-0.39, 0.29) is 5.91 Å². The third-order valence-electron chi connectivity index (χ3n) is 4.34. The molecular formula is C19H21NO3S. The summed E-state index contributed by atoms with van der Waals surface area (Å²) < 4.78 is 10.7. The minimum absolute atomic E-state index is 0.0723. The average molecular weight is 343 g/mol. The SMILES string of the molecule is COc1cc2c(cc1OC)CN(C(=O)c1ccc(SC)cc1)CC2. The van der Waals surface area contributed by atoms with Gasteiger partial charge in [0.25, 0.3) is 5.91 Å². The molecule has 0 N–H and O–H groups in total. The number of carbonyl (C=O) groups excluding carboxylic acids is 1. The molecule has 1 aliphatic rings. The van der Waals surface area contributed by atoms with Crippen LogP contribution < -0.4 is 9.47 Å². The molecule has 1 aliphatic heterocycles. The van der Waals surface area contributed by atoms with Crippen LogP contribution in [-0.2, 0) is 13.0 Å². The van der Waals surface area contributed by atoms with Crippen LogP contribution in [0, 0.1) is 0 Å². The first-order chi connectivity index (χ1) is 11.7. The summed E-state index contributed by atoms with van der Waals surface area (Å²) in [6, 6.07) is 11.8. The zero-order valence-electron chi connectivity index (χ0n) is 14.2. The van der Waals surface area contributed by atoms with Crippen LogP contribution in [0.4, 0.5) is 0 Å². The van der Waals surface area contributed by atoms with Gasteiger partial charge in [-0.2, -0.15) is 0 Å². The fourth-order valence-electron chi connectivity index (χ4n) is 2.97. The van der Waals surface area contributed by atoms with E-state index in [1.54, 1.807) is 26.0 Å². The molecule has 1 heterocycles. The molecule has 1 amide bonds. The second-order valence-electron chi connectivity index (χ2n) is 5.68. The molecule has 0 fully saturated rings. The summed E-state index contributed by atoms with van der Waals surface area (Å²) >= 11 is 1.67. The van der Waals surface area contributed by atoms with Gasteiger partial charge in [0.1, 0.15) is 0 Å². The minimum Gasteiger partial charge on any atom is -0.493 e. The van der Waals surface area contributed by atoms with Crippen molar-refractivity contribution in [3.8, 4) is 11.5 Å². The van der Waals surface area contributed by atoms with E-state index >= 15 is 0 Å². The third kappa shape index (κ3) is 3.22. The van der Waals surface area contributed by atoms with Gasteiger partial charge in [0.05, 0.1) is 14.2 Å². The van der Waals surface area contributed by atoms with Crippen molar-refractivity contribution in [2.45, 2.75) is 17.9 Å². The Balaban J connectivity index is 1.82. The number of nitrogens with zero attached hydrogens (tertiary/aromatic N) is 1. The zero-order valence-corrected chi connectivity index (χ0v) is 15.0. The number of ether oxygens (including phenoxy) is 2. The highest BCUT2D eigenvalue weighted by molar-refractivity contribution is 7.98. The third-order valence-corrected chi connectivity index (χ3v) is 5.09. The summed E-state index contributed by atoms with van der Waals surface area (Å²) in [5.74, 6) is 1.52. The fourth-order valence-corrected chi connectivity index (χ4v) is 3.38. The Kier molecular flexibility index (Phi) is 5.00. The lowest BCUT2D eigenvalue weighted by molar-refractivity contribution is 0.0734. The quantitative estimate of drug-likeness (QED) is 0.795. The Morgan fingerprint density at radius 2 is 1.67 bits per heavy atom. The van der Waals surface area contributed by atoms with Crippen molar-refractivity contribution in [2.75, 3.05) is 27.0 Å². The molecule has 5 heteroatoms. The molecule has 0 unspecified atom stereocenters. The number of rotatable bonds is 4. The highest BCUT2D eigenvalue weighted by atomic mass is 32.2. The van der Waals surface area contributed by atoms with Gasteiger partial charge in [-0.15, -0.1) is 11.8 Å². The van der Waals surface area contributed by atoms with Crippen LogP contribution in [0.3, 0.4) is 0 Å². The molecule has 126 valence electrons. The summed E-state index contributed by atoms with van der Waals surface area (Å²) in [6.07, 6.45) is 2.85. The van der Waals surface area contributed by atoms with Crippen LogP contribution in [0.2, 0.25) is 0 Å². The van der Waals surface area contributed by atoms with Crippen LogP contribution in [0.25, 0.3) is 0 Å². The van der Waals surface area contributed by atoms with Crippen molar-refractivity contribution in [1.29, 1.82) is 0 Å². The van der Waals surface area contributed by atoms with Gasteiger partial charge >= 0.3 is 0 Å². The zero-order chi connectivity index (χ0) is 17.1. The molecule has 0 spiro atoms. The number of benzene rings is 2. The normalized spacial score (nSPS) is 13.4. The summed E-state index contributed by atoms with van der Waals surface area (Å²) in [7, 11) is 3.27. The maximum absolute atomic E-state index is 12.7. The number of carbonyl (C=O) groups is 1. The number of methoxy groups -OCH3 is 2. The number of amides is 1. The predicted molar refractivity (Wildman–Crippen MR) is 96.2 cm³/mol. The van der Waals surface area contributed by atoms with Crippen molar-refractivity contribution < 1.29 is 14.3 Å². The van der Waals surface area contributed by atoms with Crippen LogP contribution in [0.1, 0.15) is 21.5 Å². The fraction of sp³-hybridized carbons (Fsp3) is 0.316. The molecule has 4 nitrogen and oxygen atoms in total. The monoisotopic (exact) mass is 343 g/mol. The highest BCUT2D eigenvalue weighted by Gasteiger charge is 2.23. The van der Waals surface area contributed by atoms with Gasteiger partial charge in [0, 0.05) is 23.5 Å². The summed E-state index contributed by atoms with van der Waals surface area (Å²) in [5, 5.41) is 0. The Bertz CT molecular complexity index is 743. The molecule has 0 saturated carbocycles. The van der Waals surface area contributed by atoms with Crippen LogP contribution in [-0.4, -0.2) is 37.8 Å². The van der Waals surface area contributed by atoms with Crippen LogP contribution in [0.5, 0.6) is 11.5 Å². The van der Waals surface area contributed by atoms with Gasteiger partial charge in [0.2, 0.25) is 0 Å². The lowest BCUT2D eigenvalue weighted by Gasteiger charge is -2.29. The molecule has 2 aromatic rings. The number of hydrogen-bond acceptors (Lipinski definition) is 4. The van der Waals surface area contributed by atoms with E-state index in [0.717, 1.165) is 28.2 Å². The molecule has 0 aromatic heterocycles. The largest absolute Gasteiger partial charge is 0.493 e. The van der Waals surface area contributed by atoms with E-state index in [9.17, 15) is 4.79 Å². The second-order valence-corrected chi connectivity index (χ2v) is 6.56. The van der Waals surface area contributed by atoms with Crippen molar-refractivity contribution >= 4 is 17.7 Å². The minimum atomic E-state index is 0.0723. The standard InChI is InChI=1S/C19H21NO3S/c1-22-17-10-14-8-9-20(12-15(14)11-18(17)23-2)19(21)13-4-6-16(24-3)7-5-13/h4-7,10-11H,8-9,12H2,1-3H3. The van der Waals surface area contributed by atoms with E-state index in [2.05, 4.69) is 0 Å². The highest BCUT2D eigenvalue weighted by Crippen LogP contribution is 2.33. The van der Waals surface area contributed by atoms with Gasteiger partial charge < -0.3 is 14.4 Å². The predicted octanol–water partition coefficient (Wildman–Crippen LogP) is 3.62. The van der Waals surface area contributed by atoms with E-state index < -0.39 is 0 Å². The smallest absolute Gasteiger partial charge is 0.254 e. The van der Waals surface area contributed by atoms with E-state index in [1.807, 2.05) is 47.6 Å². The summed E-state index contributed by atoms with van der Waals surface area (Å²) in [5.41, 5.74) is 3.07. The van der Waals surface area contributed by atoms with Gasteiger partial charge in [-0.05, 0) is 60.2 Å². The van der Waals surface area contributed by atoms with Crippen molar-refractivity contribution in [3.05, 3.63) is 53.1 Å². The van der Waals surface area contributed by atoms with Crippen molar-refractivity contribution in [1.82, 2.24) is 4.90 Å². The molecule has 0 bridgehead atoms. The number of hydrogen-bond donors (Lipinski definition) is 0. The van der Waals surface area contributed by atoms with Gasteiger partial charge in [0.15, 0.2) is 11.5 Å². The first-order valence-corrected chi connectivity index (χ1v) is 9.06. The molecule has 0 radical (unpaired) electrons. The molecule has 0 atom stereocenters. The van der Waals surface area contributed by atoms with Gasteiger partial charge in [-0.1, -0.05) is 0 Å². The van der Waals surface area contributed by atoms with Crippen molar-refractivity contribution in [3.63, 3.8) is 0 Å². The number of thioether (sulfide) groups is 1. The first kappa shape index (κ1) is 16.7. The van der Waals surface area contributed by atoms with Crippen LogP contribution in [0.15, 0.2) is 41.3 Å². The molecule has 0 aliphatic carbocycles. The Labute approximate surface area is 146 Å². The average Bonchev–Trinajstić information content (AvgIpc) is 2.65. The van der Waals surface area contributed by atoms with E-state index in [0.29, 0.717) is 18.8 Å². The molecule has 0 saturated heterocycles. The maximum Gasteiger partial charge on any atom is 0.254 e. The summed E-state index contributed by atoms with van der Waals surface area (Å²) in [6.45, 7) is 1.31. The van der Waals surface area contributed by atoms with Crippen LogP contribution >= 0.6 is 11.8 Å². The van der Waals surface area contributed by atoms with Gasteiger partial charge in [-0.25, -0.2) is 0 Å². The molecule has 3 rings (SSSR count). The first-order valence-electron chi connectivity index (χ1n) is 7.83. The lowest BCUT2D eigenvalue weighted by atomic mass is 9.98. The molecule has 2 aromatic carbocycles. The van der Waals surface area contributed by atoms with E-state index in [1.165, 1.54) is 5.56 Å². The Morgan fingerprint density at radius 3 is 2.25 bits per heavy atom. The van der Waals surface area contributed by atoms with Gasteiger partial charge in [-0.3, -0.25) is 4.79 Å². The lowest BCUT2D eigenvalue weighted by Crippen LogP contribution is -2.36. The van der Waals surface area contributed by atoms with Crippen molar-refractivity contribution in [2.24, 2.45) is 0 Å². The Morgan fingerprint density at radius 1 is 1.04 bits per heavy atom. The topological polar surface area (TPSA) is 38.8 Å². The Hall–Kier alpha value is -2.14. The number of fused-ring (bicyclic) bond motifs is 1. The second kappa shape index (κ2) is 7.18. The maximum atomic E-state index is 12.7.